The molecule has 0 bridgehead atoms. The van der Waals surface area contributed by atoms with Gasteiger partial charge in [-0.25, -0.2) is 0 Å². The van der Waals surface area contributed by atoms with E-state index in [0.717, 1.165) is 25.3 Å². The number of hydrogen-bond acceptors (Lipinski definition) is 2. The number of anilines is 1. The molecule has 0 spiro atoms. The summed E-state index contributed by atoms with van der Waals surface area (Å²) in [5, 5.41) is 3.44. The van der Waals surface area contributed by atoms with E-state index in [1.54, 1.807) is 0 Å². The van der Waals surface area contributed by atoms with E-state index in [2.05, 4.69) is 37.4 Å². The average Bonchev–Trinajstić information content (AvgIpc) is 2.29. The van der Waals surface area contributed by atoms with Crippen molar-refractivity contribution in [2.24, 2.45) is 5.92 Å². The summed E-state index contributed by atoms with van der Waals surface area (Å²) < 4.78 is 5.85. The molecule has 0 saturated heterocycles. The standard InChI is InChI=1S/C14H21NO/c1-11(2)8-10-16-13-7-3-5-12-6-4-9-15-14(12)13/h3,5,7,11,15H,4,6,8-10H2,1-2H3. The van der Waals surface area contributed by atoms with Crippen LogP contribution in [0.3, 0.4) is 0 Å². The number of benzene rings is 1. The molecule has 2 nitrogen and oxygen atoms in total. The fraction of sp³-hybridized carbons (Fsp3) is 0.571. The fourth-order valence-corrected chi connectivity index (χ4v) is 2.00. The number of aryl methyl sites for hydroxylation is 1. The van der Waals surface area contributed by atoms with Gasteiger partial charge < -0.3 is 10.1 Å². The molecule has 0 saturated carbocycles. The number of para-hydroxylation sites is 1. The molecule has 1 aromatic rings. The molecule has 0 aliphatic carbocycles. The maximum atomic E-state index is 5.85. The zero-order valence-electron chi connectivity index (χ0n) is 10.3. The van der Waals surface area contributed by atoms with Gasteiger partial charge in [0.1, 0.15) is 5.75 Å². The first-order chi connectivity index (χ1) is 7.77. The van der Waals surface area contributed by atoms with Gasteiger partial charge in [0.2, 0.25) is 0 Å². The molecule has 0 amide bonds. The van der Waals surface area contributed by atoms with Gasteiger partial charge >= 0.3 is 0 Å². The first-order valence-corrected chi connectivity index (χ1v) is 6.26. The lowest BCUT2D eigenvalue weighted by atomic mass is 10.0. The molecule has 1 heterocycles. The zero-order chi connectivity index (χ0) is 11.4. The minimum Gasteiger partial charge on any atom is -0.491 e. The number of rotatable bonds is 4. The van der Waals surface area contributed by atoms with E-state index in [-0.39, 0.29) is 0 Å². The predicted octanol–water partition coefficient (Wildman–Crippen LogP) is 3.47. The molecule has 88 valence electrons. The molecule has 2 heteroatoms. The number of ether oxygens (including phenoxy) is 1. The smallest absolute Gasteiger partial charge is 0.142 e. The molecule has 0 radical (unpaired) electrons. The monoisotopic (exact) mass is 219 g/mol. The van der Waals surface area contributed by atoms with Crippen LogP contribution in [-0.2, 0) is 6.42 Å². The van der Waals surface area contributed by atoms with Crippen molar-refractivity contribution in [3.63, 3.8) is 0 Å². The highest BCUT2D eigenvalue weighted by molar-refractivity contribution is 5.63. The highest BCUT2D eigenvalue weighted by Gasteiger charge is 2.12. The van der Waals surface area contributed by atoms with Crippen LogP contribution in [0.2, 0.25) is 0 Å². The van der Waals surface area contributed by atoms with Crippen molar-refractivity contribution in [2.45, 2.75) is 33.1 Å². The molecule has 1 aromatic carbocycles. The summed E-state index contributed by atoms with van der Waals surface area (Å²) in [6.45, 7) is 6.33. The number of nitrogens with one attached hydrogen (secondary N) is 1. The Morgan fingerprint density at radius 1 is 1.38 bits per heavy atom. The third-order valence-corrected chi connectivity index (χ3v) is 2.99. The average molecular weight is 219 g/mol. The second kappa shape index (κ2) is 5.24. The molecule has 0 atom stereocenters. The predicted molar refractivity (Wildman–Crippen MR) is 68.2 cm³/mol. The van der Waals surface area contributed by atoms with E-state index in [4.69, 9.17) is 4.74 Å². The summed E-state index contributed by atoms with van der Waals surface area (Å²) in [5.41, 5.74) is 2.62. The Morgan fingerprint density at radius 3 is 3.06 bits per heavy atom. The lowest BCUT2D eigenvalue weighted by Crippen LogP contribution is -2.13. The van der Waals surface area contributed by atoms with Gasteiger partial charge in [0, 0.05) is 6.54 Å². The van der Waals surface area contributed by atoms with Crippen LogP contribution in [0.15, 0.2) is 18.2 Å². The Bertz CT molecular complexity index is 347. The van der Waals surface area contributed by atoms with Gasteiger partial charge in [-0.3, -0.25) is 0 Å². The van der Waals surface area contributed by atoms with Crippen LogP contribution in [0, 0.1) is 5.92 Å². The summed E-state index contributed by atoms with van der Waals surface area (Å²) in [6, 6.07) is 6.35. The van der Waals surface area contributed by atoms with Crippen molar-refractivity contribution in [3.05, 3.63) is 23.8 Å². The summed E-state index contributed by atoms with van der Waals surface area (Å²) in [6.07, 6.45) is 3.51. The maximum absolute atomic E-state index is 5.85. The minimum atomic E-state index is 0.701. The Labute approximate surface area is 98.0 Å². The van der Waals surface area contributed by atoms with E-state index in [0.29, 0.717) is 5.92 Å². The lowest BCUT2D eigenvalue weighted by molar-refractivity contribution is 0.290. The molecule has 0 aromatic heterocycles. The van der Waals surface area contributed by atoms with E-state index >= 15 is 0 Å². The minimum absolute atomic E-state index is 0.701. The van der Waals surface area contributed by atoms with E-state index in [1.165, 1.54) is 24.1 Å². The second-order valence-electron chi connectivity index (χ2n) is 4.85. The van der Waals surface area contributed by atoms with Crippen LogP contribution < -0.4 is 10.1 Å². The van der Waals surface area contributed by atoms with Gasteiger partial charge in [-0.2, -0.15) is 0 Å². The molecule has 16 heavy (non-hydrogen) atoms. The van der Waals surface area contributed by atoms with Crippen molar-refractivity contribution in [1.82, 2.24) is 0 Å². The van der Waals surface area contributed by atoms with Crippen LogP contribution in [0.5, 0.6) is 5.75 Å². The maximum Gasteiger partial charge on any atom is 0.142 e. The van der Waals surface area contributed by atoms with Gasteiger partial charge in [0.25, 0.3) is 0 Å². The van der Waals surface area contributed by atoms with Crippen molar-refractivity contribution < 1.29 is 4.74 Å². The van der Waals surface area contributed by atoms with Crippen LogP contribution in [0.4, 0.5) is 5.69 Å². The SMILES string of the molecule is CC(C)CCOc1cccc2c1NCCC2. The first-order valence-electron chi connectivity index (χ1n) is 6.26. The van der Waals surface area contributed by atoms with Gasteiger partial charge in [-0.1, -0.05) is 26.0 Å². The van der Waals surface area contributed by atoms with Crippen molar-refractivity contribution in [3.8, 4) is 5.75 Å². The zero-order valence-corrected chi connectivity index (χ0v) is 10.3. The summed E-state index contributed by atoms with van der Waals surface area (Å²) in [5.74, 6) is 1.73. The second-order valence-corrected chi connectivity index (χ2v) is 4.85. The topological polar surface area (TPSA) is 21.3 Å². The van der Waals surface area contributed by atoms with Crippen LogP contribution in [-0.4, -0.2) is 13.2 Å². The quantitative estimate of drug-likeness (QED) is 0.837. The highest BCUT2D eigenvalue weighted by Crippen LogP contribution is 2.32. The summed E-state index contributed by atoms with van der Waals surface area (Å²) in [4.78, 5) is 0. The molecule has 1 N–H and O–H groups in total. The van der Waals surface area contributed by atoms with Gasteiger partial charge in [0.15, 0.2) is 0 Å². The van der Waals surface area contributed by atoms with Gasteiger partial charge in [0.05, 0.1) is 12.3 Å². The summed E-state index contributed by atoms with van der Waals surface area (Å²) in [7, 11) is 0. The normalized spacial score (nSPS) is 14.4. The molecule has 1 aliphatic heterocycles. The van der Waals surface area contributed by atoms with Crippen LogP contribution in [0.25, 0.3) is 0 Å². The third-order valence-electron chi connectivity index (χ3n) is 2.99. The number of fused-ring (bicyclic) bond motifs is 1. The lowest BCUT2D eigenvalue weighted by Gasteiger charge is -2.21. The Kier molecular flexibility index (Phi) is 3.70. The molecular formula is C14H21NO. The first kappa shape index (κ1) is 11.3. The van der Waals surface area contributed by atoms with E-state index in [1.807, 2.05) is 0 Å². The summed E-state index contributed by atoms with van der Waals surface area (Å²) >= 11 is 0. The highest BCUT2D eigenvalue weighted by atomic mass is 16.5. The van der Waals surface area contributed by atoms with Crippen molar-refractivity contribution in [2.75, 3.05) is 18.5 Å². The van der Waals surface area contributed by atoms with Gasteiger partial charge in [-0.15, -0.1) is 0 Å². The largest absolute Gasteiger partial charge is 0.491 e. The third kappa shape index (κ3) is 2.69. The number of hydrogen-bond donors (Lipinski definition) is 1. The van der Waals surface area contributed by atoms with Crippen molar-refractivity contribution in [1.29, 1.82) is 0 Å². The fourth-order valence-electron chi connectivity index (χ4n) is 2.00. The molecule has 1 aliphatic rings. The molecule has 0 fully saturated rings. The molecule has 2 rings (SSSR count). The van der Waals surface area contributed by atoms with Crippen LogP contribution in [0.1, 0.15) is 32.3 Å². The Hall–Kier alpha value is -1.18. The molecular weight excluding hydrogens is 198 g/mol. The Morgan fingerprint density at radius 2 is 2.25 bits per heavy atom. The van der Waals surface area contributed by atoms with E-state index < -0.39 is 0 Å². The van der Waals surface area contributed by atoms with E-state index in [9.17, 15) is 0 Å². The molecule has 0 unspecified atom stereocenters. The van der Waals surface area contributed by atoms with Gasteiger partial charge in [-0.05, 0) is 36.8 Å². The van der Waals surface area contributed by atoms with Crippen LogP contribution >= 0.6 is 0 Å². The van der Waals surface area contributed by atoms with Crippen molar-refractivity contribution >= 4 is 5.69 Å². The Balaban J connectivity index is 2.03.